The van der Waals surface area contributed by atoms with Gasteiger partial charge in [0.05, 0.1) is 0 Å². The van der Waals surface area contributed by atoms with Gasteiger partial charge < -0.3 is 0 Å². The second-order valence-corrected chi connectivity index (χ2v) is 9.76. The molecule has 0 nitrogen and oxygen atoms in total. The average Bonchev–Trinajstić information content (AvgIpc) is 2.52. The maximum absolute atomic E-state index is 2.56. The zero-order valence-corrected chi connectivity index (χ0v) is 15.7. The molecule has 0 radical (unpaired) electrons. The van der Waals surface area contributed by atoms with E-state index in [0.29, 0.717) is 0 Å². The van der Waals surface area contributed by atoms with Gasteiger partial charge in [-0.25, -0.2) is 0 Å². The highest BCUT2D eigenvalue weighted by Gasteiger charge is 2.38. The van der Waals surface area contributed by atoms with E-state index in [-0.39, 0.29) is 0 Å². The van der Waals surface area contributed by atoms with E-state index < -0.39 is 0 Å². The summed E-state index contributed by atoms with van der Waals surface area (Å²) in [5, 5.41) is 0. The minimum Gasteiger partial charge on any atom is -0.0625 e. The van der Waals surface area contributed by atoms with Gasteiger partial charge in [-0.15, -0.1) is 0 Å². The Labute approximate surface area is 139 Å². The van der Waals surface area contributed by atoms with Gasteiger partial charge in [-0.1, -0.05) is 40.5 Å². The van der Waals surface area contributed by atoms with Crippen LogP contribution < -0.4 is 0 Å². The van der Waals surface area contributed by atoms with E-state index in [9.17, 15) is 0 Å². The molecule has 0 aromatic heterocycles. The Bertz CT molecular complexity index is 330. The van der Waals surface area contributed by atoms with Crippen molar-refractivity contribution in [2.45, 2.75) is 91.9 Å². The normalized spacial score (nSPS) is 50.7. The van der Waals surface area contributed by atoms with Gasteiger partial charge in [0.25, 0.3) is 0 Å². The van der Waals surface area contributed by atoms with E-state index in [0.717, 1.165) is 47.3 Å². The lowest BCUT2D eigenvalue weighted by Gasteiger charge is -2.45. The molecule has 4 atom stereocenters. The Hall–Kier alpha value is 0. The molecule has 0 spiro atoms. The van der Waals surface area contributed by atoms with Crippen LogP contribution >= 0.6 is 0 Å². The molecule has 0 heterocycles. The Balaban J connectivity index is 1.49. The average molecular weight is 305 g/mol. The molecular weight excluding hydrogens is 264 g/mol. The minimum atomic E-state index is 0.965. The Morgan fingerprint density at radius 3 is 1.50 bits per heavy atom. The SMILES string of the molecule is CC1CCC(C2CCC(C3CC(C)C(C)CC3C)CC2)CC1. The van der Waals surface area contributed by atoms with Crippen LogP contribution in [0.2, 0.25) is 0 Å². The maximum atomic E-state index is 2.56. The lowest BCUT2D eigenvalue weighted by molar-refractivity contribution is 0.0558. The minimum absolute atomic E-state index is 0.965. The van der Waals surface area contributed by atoms with E-state index in [1.807, 2.05) is 0 Å². The molecule has 0 N–H and O–H groups in total. The van der Waals surface area contributed by atoms with Gasteiger partial charge in [0.2, 0.25) is 0 Å². The standard InChI is InChI=1S/C22H40/c1-15-5-7-19(8-6-15)20-9-11-21(12-10-20)22-14-17(3)16(2)13-18(22)4/h15-22H,5-14H2,1-4H3. The third-order valence-electron chi connectivity index (χ3n) is 8.24. The molecule has 3 saturated carbocycles. The summed E-state index contributed by atoms with van der Waals surface area (Å²) in [6, 6.07) is 0. The first-order chi connectivity index (χ1) is 10.5. The van der Waals surface area contributed by atoms with E-state index in [1.165, 1.54) is 25.7 Å². The summed E-state index contributed by atoms with van der Waals surface area (Å²) in [6.07, 6.45) is 15.4. The summed E-state index contributed by atoms with van der Waals surface area (Å²) in [5.41, 5.74) is 0. The van der Waals surface area contributed by atoms with Crippen LogP contribution in [0, 0.1) is 47.3 Å². The lowest BCUT2D eigenvalue weighted by atomic mass is 9.61. The molecule has 0 heteroatoms. The van der Waals surface area contributed by atoms with Crippen molar-refractivity contribution in [1.82, 2.24) is 0 Å². The third kappa shape index (κ3) is 3.73. The van der Waals surface area contributed by atoms with E-state index >= 15 is 0 Å². The quantitative estimate of drug-likeness (QED) is 0.518. The van der Waals surface area contributed by atoms with Crippen LogP contribution in [0.15, 0.2) is 0 Å². The summed E-state index contributed by atoms with van der Waals surface area (Å²) >= 11 is 0. The molecular formula is C22H40. The first-order valence-corrected chi connectivity index (χ1v) is 10.5. The van der Waals surface area contributed by atoms with Crippen LogP contribution in [0.25, 0.3) is 0 Å². The molecule has 0 aromatic carbocycles. The molecule has 22 heavy (non-hydrogen) atoms. The van der Waals surface area contributed by atoms with Crippen LogP contribution in [0.5, 0.6) is 0 Å². The Kier molecular flexibility index (Phi) is 5.56. The highest BCUT2D eigenvalue weighted by Crippen LogP contribution is 2.48. The summed E-state index contributed by atoms with van der Waals surface area (Å²) in [4.78, 5) is 0. The van der Waals surface area contributed by atoms with Crippen LogP contribution in [-0.2, 0) is 0 Å². The smallest absolute Gasteiger partial charge is 0.0357 e. The topological polar surface area (TPSA) is 0 Å². The van der Waals surface area contributed by atoms with Crippen molar-refractivity contribution in [3.05, 3.63) is 0 Å². The maximum Gasteiger partial charge on any atom is -0.0357 e. The van der Waals surface area contributed by atoms with E-state index in [1.54, 1.807) is 38.5 Å². The van der Waals surface area contributed by atoms with E-state index in [4.69, 9.17) is 0 Å². The summed E-state index contributed by atoms with van der Waals surface area (Å²) < 4.78 is 0. The van der Waals surface area contributed by atoms with Crippen LogP contribution in [-0.4, -0.2) is 0 Å². The number of hydrogen-bond acceptors (Lipinski definition) is 0. The van der Waals surface area contributed by atoms with Crippen molar-refractivity contribution < 1.29 is 0 Å². The largest absolute Gasteiger partial charge is 0.0625 e. The molecule has 3 aliphatic carbocycles. The van der Waals surface area contributed by atoms with Crippen LogP contribution in [0.3, 0.4) is 0 Å². The fourth-order valence-corrected chi connectivity index (χ4v) is 6.35. The van der Waals surface area contributed by atoms with Crippen molar-refractivity contribution in [3.63, 3.8) is 0 Å². The zero-order valence-electron chi connectivity index (χ0n) is 15.7. The van der Waals surface area contributed by atoms with E-state index in [2.05, 4.69) is 27.7 Å². The second-order valence-electron chi connectivity index (χ2n) is 9.76. The van der Waals surface area contributed by atoms with Crippen molar-refractivity contribution in [1.29, 1.82) is 0 Å². The van der Waals surface area contributed by atoms with Gasteiger partial charge in [0, 0.05) is 0 Å². The van der Waals surface area contributed by atoms with Gasteiger partial charge in [-0.2, -0.15) is 0 Å². The Morgan fingerprint density at radius 1 is 0.455 bits per heavy atom. The Morgan fingerprint density at radius 2 is 0.909 bits per heavy atom. The zero-order chi connectivity index (χ0) is 15.7. The lowest BCUT2D eigenvalue weighted by Crippen LogP contribution is -2.35. The monoisotopic (exact) mass is 304 g/mol. The van der Waals surface area contributed by atoms with Gasteiger partial charge in [-0.05, 0) is 98.7 Å². The number of rotatable bonds is 2. The predicted octanol–water partition coefficient (Wildman–Crippen LogP) is 6.94. The molecule has 0 aliphatic heterocycles. The van der Waals surface area contributed by atoms with Crippen LogP contribution in [0.4, 0.5) is 0 Å². The van der Waals surface area contributed by atoms with Gasteiger partial charge >= 0.3 is 0 Å². The van der Waals surface area contributed by atoms with Gasteiger partial charge in [-0.3, -0.25) is 0 Å². The summed E-state index contributed by atoms with van der Waals surface area (Å²) in [6.45, 7) is 10.0. The van der Waals surface area contributed by atoms with Gasteiger partial charge in [0.15, 0.2) is 0 Å². The van der Waals surface area contributed by atoms with Crippen molar-refractivity contribution in [2.75, 3.05) is 0 Å². The van der Waals surface area contributed by atoms with Crippen molar-refractivity contribution in [2.24, 2.45) is 47.3 Å². The fraction of sp³-hybridized carbons (Fsp3) is 1.00. The molecule has 4 unspecified atom stereocenters. The molecule has 3 fully saturated rings. The first kappa shape index (κ1) is 16.8. The highest BCUT2D eigenvalue weighted by molar-refractivity contribution is 4.88. The third-order valence-corrected chi connectivity index (χ3v) is 8.24. The summed E-state index contributed by atoms with van der Waals surface area (Å²) in [5.74, 6) is 8.26. The molecule has 0 bridgehead atoms. The second kappa shape index (κ2) is 7.27. The fourth-order valence-electron chi connectivity index (χ4n) is 6.35. The van der Waals surface area contributed by atoms with Crippen molar-refractivity contribution in [3.8, 4) is 0 Å². The predicted molar refractivity (Wildman–Crippen MR) is 96.8 cm³/mol. The molecule has 0 amide bonds. The molecule has 0 aromatic rings. The van der Waals surface area contributed by atoms with Crippen LogP contribution in [0.1, 0.15) is 91.9 Å². The summed E-state index contributed by atoms with van der Waals surface area (Å²) in [7, 11) is 0. The van der Waals surface area contributed by atoms with Gasteiger partial charge in [0.1, 0.15) is 0 Å². The highest BCUT2D eigenvalue weighted by atomic mass is 14.4. The molecule has 0 saturated heterocycles. The molecule has 128 valence electrons. The first-order valence-electron chi connectivity index (χ1n) is 10.5. The van der Waals surface area contributed by atoms with Crippen molar-refractivity contribution >= 4 is 0 Å². The molecule has 3 rings (SSSR count). The number of hydrogen-bond donors (Lipinski definition) is 0. The molecule has 3 aliphatic rings.